The molecule has 0 N–H and O–H groups in total. The Hall–Kier alpha value is -2.26. The smallest absolute Gasteiger partial charge is 0.237 e. The van der Waals surface area contributed by atoms with Gasteiger partial charge in [-0.25, -0.2) is 0 Å². The molecule has 2 nitrogen and oxygen atoms in total. The van der Waals surface area contributed by atoms with E-state index in [1.54, 1.807) is 16.7 Å². The molecule has 0 atom stereocenters. The second kappa shape index (κ2) is 6.67. The normalized spacial score (nSPS) is 10.6. The van der Waals surface area contributed by atoms with Crippen molar-refractivity contribution in [3.05, 3.63) is 72.8 Å². The van der Waals surface area contributed by atoms with Crippen LogP contribution in [0.2, 0.25) is 0 Å². The van der Waals surface area contributed by atoms with Gasteiger partial charge in [-0.3, -0.25) is 4.79 Å². The molecule has 0 aliphatic carbocycles. The summed E-state index contributed by atoms with van der Waals surface area (Å²) >= 11 is 1.58. The highest BCUT2D eigenvalue weighted by Crippen LogP contribution is 2.24. The Morgan fingerprint density at radius 3 is 2.36 bits per heavy atom. The first-order valence-electron chi connectivity index (χ1n) is 7.17. The summed E-state index contributed by atoms with van der Waals surface area (Å²) in [6.07, 6.45) is 0. The Kier molecular flexibility index (Phi) is 4.45. The lowest BCUT2D eigenvalue weighted by Crippen LogP contribution is -2.27. The van der Waals surface area contributed by atoms with Crippen molar-refractivity contribution in [2.45, 2.75) is 4.90 Å². The van der Waals surface area contributed by atoms with Crippen LogP contribution >= 0.6 is 11.8 Å². The van der Waals surface area contributed by atoms with E-state index < -0.39 is 0 Å². The van der Waals surface area contributed by atoms with Crippen molar-refractivity contribution < 1.29 is 4.79 Å². The average Bonchev–Trinajstić information content (AvgIpc) is 2.59. The standard InChI is InChI=1S/C19H17NOS/c1-20(17-9-3-2-4-10-17)19(21)14-22-18-12-11-15-7-5-6-8-16(15)13-18/h2-13H,14H2,1H3. The summed E-state index contributed by atoms with van der Waals surface area (Å²) in [6, 6.07) is 24.3. The third-order valence-electron chi connectivity index (χ3n) is 3.60. The summed E-state index contributed by atoms with van der Waals surface area (Å²) in [6.45, 7) is 0. The molecule has 3 aromatic carbocycles. The maximum absolute atomic E-state index is 12.3. The first kappa shape index (κ1) is 14.7. The van der Waals surface area contributed by atoms with Crippen molar-refractivity contribution in [2.75, 3.05) is 17.7 Å². The molecule has 3 aromatic rings. The van der Waals surface area contributed by atoms with Crippen LogP contribution in [0.5, 0.6) is 0 Å². The molecule has 0 aliphatic heterocycles. The van der Waals surface area contributed by atoms with Gasteiger partial charge in [0.05, 0.1) is 5.75 Å². The van der Waals surface area contributed by atoms with Crippen molar-refractivity contribution in [2.24, 2.45) is 0 Å². The van der Waals surface area contributed by atoms with Gasteiger partial charge in [0.2, 0.25) is 5.91 Å². The number of hydrogen-bond donors (Lipinski definition) is 0. The molecule has 0 fully saturated rings. The molecule has 0 bridgehead atoms. The van der Waals surface area contributed by atoms with Crippen molar-refractivity contribution in [3.63, 3.8) is 0 Å². The molecule has 0 aromatic heterocycles. The first-order valence-corrected chi connectivity index (χ1v) is 8.16. The van der Waals surface area contributed by atoms with E-state index in [4.69, 9.17) is 0 Å². The van der Waals surface area contributed by atoms with Gasteiger partial charge in [-0.05, 0) is 35.0 Å². The summed E-state index contributed by atoms with van der Waals surface area (Å²) in [4.78, 5) is 15.1. The van der Waals surface area contributed by atoms with Crippen LogP contribution in [0.25, 0.3) is 10.8 Å². The number of thioether (sulfide) groups is 1. The van der Waals surface area contributed by atoms with Crippen molar-refractivity contribution in [1.29, 1.82) is 0 Å². The maximum atomic E-state index is 12.3. The monoisotopic (exact) mass is 307 g/mol. The molecule has 0 radical (unpaired) electrons. The molecule has 0 saturated heterocycles. The zero-order chi connectivity index (χ0) is 15.4. The van der Waals surface area contributed by atoms with Crippen LogP contribution in [0, 0.1) is 0 Å². The van der Waals surface area contributed by atoms with Crippen molar-refractivity contribution in [3.8, 4) is 0 Å². The van der Waals surface area contributed by atoms with Gasteiger partial charge in [-0.2, -0.15) is 0 Å². The lowest BCUT2D eigenvalue weighted by molar-refractivity contribution is -0.115. The third-order valence-corrected chi connectivity index (χ3v) is 4.58. The summed E-state index contributed by atoms with van der Waals surface area (Å²) in [5.41, 5.74) is 0.923. The van der Waals surface area contributed by atoms with Gasteiger partial charge < -0.3 is 4.90 Å². The fourth-order valence-electron chi connectivity index (χ4n) is 2.29. The number of benzene rings is 3. The van der Waals surface area contributed by atoms with Crippen LogP contribution in [-0.4, -0.2) is 18.7 Å². The average molecular weight is 307 g/mol. The Bertz CT molecular complexity index is 786. The molecular formula is C19H17NOS. The molecule has 3 rings (SSSR count). The lowest BCUT2D eigenvalue weighted by Gasteiger charge is -2.17. The minimum atomic E-state index is 0.101. The van der Waals surface area contributed by atoms with Gasteiger partial charge in [0.1, 0.15) is 0 Å². The van der Waals surface area contributed by atoms with E-state index in [1.807, 2.05) is 49.5 Å². The maximum Gasteiger partial charge on any atom is 0.237 e. The summed E-state index contributed by atoms with van der Waals surface area (Å²) in [7, 11) is 1.82. The molecular weight excluding hydrogens is 290 g/mol. The molecule has 22 heavy (non-hydrogen) atoms. The molecule has 0 saturated carbocycles. The second-order valence-electron chi connectivity index (χ2n) is 5.09. The molecule has 3 heteroatoms. The number of carbonyl (C=O) groups excluding carboxylic acids is 1. The van der Waals surface area contributed by atoms with E-state index in [-0.39, 0.29) is 5.91 Å². The Morgan fingerprint density at radius 1 is 0.909 bits per heavy atom. The summed E-state index contributed by atoms with van der Waals surface area (Å²) in [5, 5.41) is 2.43. The van der Waals surface area contributed by atoms with E-state index >= 15 is 0 Å². The highest BCUT2D eigenvalue weighted by Gasteiger charge is 2.11. The van der Waals surface area contributed by atoms with E-state index in [1.165, 1.54) is 10.8 Å². The minimum Gasteiger partial charge on any atom is -0.315 e. The predicted octanol–water partition coefficient (Wildman–Crippen LogP) is 4.59. The number of fused-ring (bicyclic) bond motifs is 1. The Morgan fingerprint density at radius 2 is 1.59 bits per heavy atom. The van der Waals surface area contributed by atoms with Crippen LogP contribution in [0.15, 0.2) is 77.7 Å². The zero-order valence-corrected chi connectivity index (χ0v) is 13.2. The fraction of sp³-hybridized carbons (Fsp3) is 0.105. The summed E-state index contributed by atoms with van der Waals surface area (Å²) in [5.74, 6) is 0.536. The fourth-order valence-corrected chi connectivity index (χ4v) is 3.15. The number of amides is 1. The van der Waals surface area contributed by atoms with Gasteiger partial charge in [-0.15, -0.1) is 11.8 Å². The SMILES string of the molecule is CN(C(=O)CSc1ccc2ccccc2c1)c1ccccc1. The molecule has 0 unspecified atom stereocenters. The minimum absolute atomic E-state index is 0.101. The van der Waals surface area contributed by atoms with E-state index in [0.29, 0.717) is 5.75 Å². The highest BCUT2D eigenvalue weighted by atomic mass is 32.2. The lowest BCUT2D eigenvalue weighted by atomic mass is 10.1. The number of anilines is 1. The molecule has 0 heterocycles. The largest absolute Gasteiger partial charge is 0.315 e. The van der Waals surface area contributed by atoms with E-state index in [9.17, 15) is 4.79 Å². The van der Waals surface area contributed by atoms with Gasteiger partial charge in [-0.1, -0.05) is 48.5 Å². The quantitative estimate of drug-likeness (QED) is 0.657. The van der Waals surface area contributed by atoms with E-state index in [2.05, 4.69) is 30.3 Å². The van der Waals surface area contributed by atoms with Crippen LogP contribution in [0.3, 0.4) is 0 Å². The third kappa shape index (κ3) is 3.31. The van der Waals surface area contributed by atoms with Gasteiger partial charge in [0, 0.05) is 17.6 Å². The number of carbonyl (C=O) groups is 1. The summed E-state index contributed by atoms with van der Waals surface area (Å²) < 4.78 is 0. The van der Waals surface area contributed by atoms with Crippen molar-refractivity contribution in [1.82, 2.24) is 0 Å². The number of rotatable bonds is 4. The zero-order valence-electron chi connectivity index (χ0n) is 12.4. The number of hydrogen-bond acceptors (Lipinski definition) is 2. The molecule has 0 aliphatic rings. The topological polar surface area (TPSA) is 20.3 Å². The highest BCUT2D eigenvalue weighted by molar-refractivity contribution is 8.00. The van der Waals surface area contributed by atoms with E-state index in [0.717, 1.165) is 10.6 Å². The van der Waals surface area contributed by atoms with Crippen LogP contribution in [0.4, 0.5) is 5.69 Å². The first-order chi connectivity index (χ1) is 10.7. The Balaban J connectivity index is 1.67. The molecule has 0 spiro atoms. The number of nitrogens with zero attached hydrogens (tertiary/aromatic N) is 1. The van der Waals surface area contributed by atoms with Gasteiger partial charge in [0.25, 0.3) is 0 Å². The van der Waals surface area contributed by atoms with Gasteiger partial charge >= 0.3 is 0 Å². The van der Waals surface area contributed by atoms with Crippen LogP contribution < -0.4 is 4.90 Å². The van der Waals surface area contributed by atoms with Gasteiger partial charge in [0.15, 0.2) is 0 Å². The number of para-hydroxylation sites is 1. The second-order valence-corrected chi connectivity index (χ2v) is 6.13. The van der Waals surface area contributed by atoms with Crippen LogP contribution in [0.1, 0.15) is 0 Å². The Labute approximate surface area is 134 Å². The molecule has 110 valence electrons. The molecule has 1 amide bonds. The van der Waals surface area contributed by atoms with Crippen LogP contribution in [-0.2, 0) is 4.79 Å². The van der Waals surface area contributed by atoms with Crippen molar-refractivity contribution >= 4 is 34.1 Å². The predicted molar refractivity (Wildman–Crippen MR) is 94.5 cm³/mol.